The average Bonchev–Trinajstić information content (AvgIpc) is 3.20. The van der Waals surface area contributed by atoms with Gasteiger partial charge in [-0.15, -0.1) is 0 Å². The molecule has 1 aromatic carbocycles. The largest absolute Gasteiger partial charge is 0.344 e. The van der Waals surface area contributed by atoms with E-state index in [1.807, 2.05) is 51.1 Å². The molecule has 3 atom stereocenters. The summed E-state index contributed by atoms with van der Waals surface area (Å²) >= 11 is 0. The number of hydrazine groups is 1. The van der Waals surface area contributed by atoms with Gasteiger partial charge in [0.15, 0.2) is 0 Å². The fourth-order valence-electron chi connectivity index (χ4n) is 3.47. The van der Waals surface area contributed by atoms with Gasteiger partial charge in [0.2, 0.25) is 11.8 Å². The number of anilines is 1. The van der Waals surface area contributed by atoms with Crippen LogP contribution in [0.3, 0.4) is 0 Å². The summed E-state index contributed by atoms with van der Waals surface area (Å²) in [5, 5.41) is 4.51. The number of hydrogen-bond donors (Lipinski definition) is 3. The first-order valence-electron chi connectivity index (χ1n) is 10.5. The highest BCUT2D eigenvalue weighted by molar-refractivity contribution is 5.93. The zero-order valence-corrected chi connectivity index (χ0v) is 18.6. The second-order valence-corrected chi connectivity index (χ2v) is 9.00. The van der Waals surface area contributed by atoms with Crippen molar-refractivity contribution >= 4 is 23.4 Å². The van der Waals surface area contributed by atoms with Crippen molar-refractivity contribution in [3.05, 3.63) is 30.3 Å². The van der Waals surface area contributed by atoms with Gasteiger partial charge in [0.1, 0.15) is 12.1 Å². The van der Waals surface area contributed by atoms with E-state index in [1.165, 1.54) is 0 Å². The number of hydrogen-bond acceptors (Lipinski definition) is 5. The van der Waals surface area contributed by atoms with Gasteiger partial charge in [-0.05, 0) is 30.4 Å². The van der Waals surface area contributed by atoms with Crippen LogP contribution >= 0.6 is 0 Å². The number of benzene rings is 1. The first-order valence-corrected chi connectivity index (χ1v) is 10.5. The highest BCUT2D eigenvalue weighted by Gasteiger charge is 2.42. The van der Waals surface area contributed by atoms with Crippen LogP contribution < -0.4 is 21.5 Å². The van der Waals surface area contributed by atoms with Crippen molar-refractivity contribution in [2.75, 3.05) is 25.1 Å². The molecule has 1 saturated heterocycles. The lowest BCUT2D eigenvalue weighted by Gasteiger charge is -2.36. The molecule has 0 aliphatic carbocycles. The normalized spacial score (nSPS) is 18.5. The Bertz CT molecular complexity index is 747. The predicted octanol–water partition coefficient (Wildman–Crippen LogP) is 1.27. The third-order valence-electron chi connectivity index (χ3n) is 5.46. The Labute approximate surface area is 179 Å². The standard InChI is InChI=1S/C22H35N5O3/c1-15(14-23)19(28)24-18(22(2,3)4)21(30)27-13-9-12-17(27)20(29)25-26(5)16-10-7-6-8-11-16/h6-8,10-11,15,17-18H,9,12-14,23H2,1-5H3,(H,24,28)(H,25,29). The minimum Gasteiger partial charge on any atom is -0.344 e. The fraction of sp³-hybridized carbons (Fsp3) is 0.591. The minimum atomic E-state index is -0.737. The van der Waals surface area contributed by atoms with Gasteiger partial charge >= 0.3 is 0 Å². The van der Waals surface area contributed by atoms with Crippen molar-refractivity contribution in [2.24, 2.45) is 17.1 Å². The van der Waals surface area contributed by atoms with Crippen molar-refractivity contribution in [1.29, 1.82) is 0 Å². The Morgan fingerprint density at radius 2 is 1.87 bits per heavy atom. The quantitative estimate of drug-likeness (QED) is 0.579. The smallest absolute Gasteiger partial charge is 0.261 e. The van der Waals surface area contributed by atoms with E-state index >= 15 is 0 Å². The molecule has 8 nitrogen and oxygen atoms in total. The monoisotopic (exact) mass is 417 g/mol. The van der Waals surface area contributed by atoms with Crippen molar-refractivity contribution in [2.45, 2.75) is 52.6 Å². The Morgan fingerprint density at radius 3 is 2.43 bits per heavy atom. The van der Waals surface area contributed by atoms with Crippen LogP contribution in [0, 0.1) is 11.3 Å². The SMILES string of the molecule is CC(CN)C(=O)NC(C(=O)N1CCCC1C(=O)NN(C)c1ccccc1)C(C)(C)C. The number of amides is 3. The first-order chi connectivity index (χ1) is 14.1. The van der Waals surface area contributed by atoms with E-state index in [1.54, 1.807) is 23.9 Å². The van der Waals surface area contributed by atoms with E-state index in [-0.39, 0.29) is 30.2 Å². The molecule has 3 amide bonds. The molecule has 0 bridgehead atoms. The maximum atomic E-state index is 13.4. The fourth-order valence-corrected chi connectivity index (χ4v) is 3.47. The predicted molar refractivity (Wildman–Crippen MR) is 117 cm³/mol. The molecule has 1 heterocycles. The highest BCUT2D eigenvalue weighted by atomic mass is 16.2. The molecule has 8 heteroatoms. The number of nitrogens with one attached hydrogen (secondary N) is 2. The number of nitrogens with zero attached hydrogens (tertiary/aromatic N) is 2. The second kappa shape index (κ2) is 9.93. The van der Waals surface area contributed by atoms with Crippen LogP contribution in [0.25, 0.3) is 0 Å². The molecular weight excluding hydrogens is 382 g/mol. The molecule has 4 N–H and O–H groups in total. The third-order valence-corrected chi connectivity index (χ3v) is 5.46. The van der Waals surface area contributed by atoms with Gasteiger partial charge in [0.05, 0.1) is 5.69 Å². The molecule has 1 aromatic rings. The summed E-state index contributed by atoms with van der Waals surface area (Å²) in [6.45, 7) is 8.12. The van der Waals surface area contributed by atoms with Crippen LogP contribution in [-0.4, -0.2) is 54.8 Å². The zero-order chi connectivity index (χ0) is 22.5. The van der Waals surface area contributed by atoms with E-state index in [0.29, 0.717) is 13.0 Å². The molecular formula is C22H35N5O3. The Balaban J connectivity index is 2.13. The summed E-state index contributed by atoms with van der Waals surface area (Å²) in [5.74, 6) is -1.11. The van der Waals surface area contributed by atoms with Crippen LogP contribution in [0.2, 0.25) is 0 Å². The van der Waals surface area contributed by atoms with Crippen LogP contribution in [0.15, 0.2) is 30.3 Å². The van der Waals surface area contributed by atoms with Gasteiger partial charge in [0.25, 0.3) is 5.91 Å². The molecule has 1 fully saturated rings. The molecule has 0 saturated carbocycles. The van der Waals surface area contributed by atoms with Crippen LogP contribution in [0.1, 0.15) is 40.5 Å². The van der Waals surface area contributed by atoms with E-state index < -0.39 is 17.5 Å². The Kier molecular flexibility index (Phi) is 7.83. The topological polar surface area (TPSA) is 108 Å². The van der Waals surface area contributed by atoms with Crippen molar-refractivity contribution in [3.63, 3.8) is 0 Å². The second-order valence-electron chi connectivity index (χ2n) is 9.00. The van der Waals surface area contributed by atoms with Gasteiger partial charge in [-0.3, -0.25) is 24.8 Å². The van der Waals surface area contributed by atoms with E-state index in [4.69, 9.17) is 5.73 Å². The van der Waals surface area contributed by atoms with Gasteiger partial charge in [-0.25, -0.2) is 0 Å². The number of carbonyl (C=O) groups is 3. The summed E-state index contributed by atoms with van der Waals surface area (Å²) in [6.07, 6.45) is 1.33. The van der Waals surface area contributed by atoms with Gasteiger partial charge in [-0.1, -0.05) is 45.9 Å². The summed E-state index contributed by atoms with van der Waals surface area (Å²) in [4.78, 5) is 40.4. The molecule has 0 aromatic heterocycles. The average molecular weight is 418 g/mol. The molecule has 30 heavy (non-hydrogen) atoms. The van der Waals surface area contributed by atoms with Crippen LogP contribution in [-0.2, 0) is 14.4 Å². The van der Waals surface area contributed by atoms with Gasteiger partial charge in [-0.2, -0.15) is 0 Å². The number of nitrogens with two attached hydrogens (primary N) is 1. The van der Waals surface area contributed by atoms with E-state index in [0.717, 1.165) is 12.1 Å². The highest BCUT2D eigenvalue weighted by Crippen LogP contribution is 2.26. The molecule has 0 spiro atoms. The molecule has 1 aliphatic rings. The number of para-hydroxylation sites is 1. The van der Waals surface area contributed by atoms with Crippen LogP contribution in [0.4, 0.5) is 5.69 Å². The minimum absolute atomic E-state index is 0.206. The zero-order valence-electron chi connectivity index (χ0n) is 18.6. The molecule has 166 valence electrons. The lowest BCUT2D eigenvalue weighted by atomic mass is 9.85. The summed E-state index contributed by atoms with van der Waals surface area (Å²) in [6, 6.07) is 8.16. The van der Waals surface area contributed by atoms with E-state index in [2.05, 4.69) is 10.7 Å². The summed E-state index contributed by atoms with van der Waals surface area (Å²) in [5.41, 5.74) is 8.80. The van der Waals surface area contributed by atoms with Crippen LogP contribution in [0.5, 0.6) is 0 Å². The number of carbonyl (C=O) groups excluding carboxylic acids is 3. The van der Waals surface area contributed by atoms with Crippen molar-refractivity contribution < 1.29 is 14.4 Å². The van der Waals surface area contributed by atoms with Gasteiger partial charge < -0.3 is 16.0 Å². The molecule has 3 unspecified atom stereocenters. The van der Waals surface area contributed by atoms with Crippen molar-refractivity contribution in [1.82, 2.24) is 15.6 Å². The summed E-state index contributed by atoms with van der Waals surface area (Å²) in [7, 11) is 1.76. The van der Waals surface area contributed by atoms with Crippen molar-refractivity contribution in [3.8, 4) is 0 Å². The number of likely N-dealkylation sites (tertiary alicyclic amines) is 1. The Morgan fingerprint density at radius 1 is 1.23 bits per heavy atom. The van der Waals surface area contributed by atoms with Gasteiger partial charge in [0, 0.05) is 26.1 Å². The maximum absolute atomic E-state index is 13.4. The Hall–Kier alpha value is -2.61. The van der Waals surface area contributed by atoms with E-state index in [9.17, 15) is 14.4 Å². The lowest BCUT2D eigenvalue weighted by Crippen LogP contribution is -2.59. The first kappa shape index (κ1) is 23.7. The number of rotatable bonds is 7. The lowest BCUT2D eigenvalue weighted by molar-refractivity contribution is -0.144. The summed E-state index contributed by atoms with van der Waals surface area (Å²) < 4.78 is 0. The molecule has 1 aliphatic heterocycles. The molecule has 2 rings (SSSR count). The third kappa shape index (κ3) is 5.72. The molecule has 0 radical (unpaired) electrons. The maximum Gasteiger partial charge on any atom is 0.261 e.